The highest BCUT2D eigenvalue weighted by atomic mass is 32.2. The molecule has 10 heteroatoms. The molecule has 1 amide bonds. The summed E-state index contributed by atoms with van der Waals surface area (Å²) in [6, 6.07) is 8.52. The normalized spacial score (nSPS) is 17.2. The number of carbonyl (C=O) groups is 1. The Hall–Kier alpha value is -2.40. The number of benzene rings is 2. The number of hydrogen-bond donors (Lipinski definition) is 2. The lowest BCUT2D eigenvalue weighted by Crippen LogP contribution is -2.40. The summed E-state index contributed by atoms with van der Waals surface area (Å²) in [7, 11) is -3.68. The Balaban J connectivity index is 1.65. The highest BCUT2D eigenvalue weighted by Gasteiger charge is 2.26. The van der Waals surface area contributed by atoms with Gasteiger partial charge in [0.25, 0.3) is 0 Å². The quantitative estimate of drug-likeness (QED) is 0.673. The molecule has 1 saturated heterocycles. The van der Waals surface area contributed by atoms with Gasteiger partial charge in [-0.2, -0.15) is 4.31 Å². The first-order chi connectivity index (χ1) is 14.7. The number of rotatable bonds is 7. The van der Waals surface area contributed by atoms with Crippen LogP contribution in [0.4, 0.5) is 14.5 Å². The van der Waals surface area contributed by atoms with Gasteiger partial charge in [-0.15, -0.1) is 0 Å². The largest absolute Gasteiger partial charge is 0.379 e. The third kappa shape index (κ3) is 5.65. The third-order valence-corrected chi connectivity index (χ3v) is 6.94. The molecule has 2 aromatic carbocycles. The van der Waals surface area contributed by atoms with Gasteiger partial charge in [0.1, 0.15) is 0 Å². The first-order valence-electron chi connectivity index (χ1n) is 9.88. The average Bonchev–Trinajstić information content (AvgIpc) is 2.76. The molecule has 1 aliphatic rings. The average molecular weight is 454 g/mol. The number of morpholine rings is 1. The first-order valence-corrected chi connectivity index (χ1v) is 11.3. The smallest absolute Gasteiger partial charge is 0.243 e. The van der Waals surface area contributed by atoms with E-state index in [1.165, 1.54) is 22.5 Å². The molecule has 1 aliphatic heterocycles. The molecule has 31 heavy (non-hydrogen) atoms. The molecule has 2 aromatic rings. The Morgan fingerprint density at radius 3 is 2.45 bits per heavy atom. The van der Waals surface area contributed by atoms with Gasteiger partial charge in [0, 0.05) is 24.8 Å². The van der Waals surface area contributed by atoms with Crippen molar-refractivity contribution in [2.45, 2.75) is 30.8 Å². The minimum absolute atomic E-state index is 0.0861. The van der Waals surface area contributed by atoms with Crippen molar-refractivity contribution in [3.05, 3.63) is 59.7 Å². The third-order valence-electron chi connectivity index (χ3n) is 5.05. The fourth-order valence-corrected chi connectivity index (χ4v) is 4.70. The Morgan fingerprint density at radius 1 is 1.06 bits per heavy atom. The maximum Gasteiger partial charge on any atom is 0.243 e. The van der Waals surface area contributed by atoms with Crippen LogP contribution in [-0.4, -0.2) is 51.0 Å². The fourth-order valence-electron chi connectivity index (χ4n) is 3.25. The van der Waals surface area contributed by atoms with E-state index in [9.17, 15) is 22.0 Å². The van der Waals surface area contributed by atoms with Crippen LogP contribution in [0.15, 0.2) is 47.4 Å². The lowest BCUT2D eigenvalue weighted by atomic mass is 10.1. The number of hydrogen-bond acceptors (Lipinski definition) is 5. The van der Waals surface area contributed by atoms with Gasteiger partial charge in [0.2, 0.25) is 15.9 Å². The van der Waals surface area contributed by atoms with E-state index in [-0.39, 0.29) is 18.0 Å². The molecule has 0 spiro atoms. The zero-order chi connectivity index (χ0) is 22.6. The zero-order valence-corrected chi connectivity index (χ0v) is 18.1. The van der Waals surface area contributed by atoms with E-state index in [2.05, 4.69) is 10.6 Å². The zero-order valence-electron chi connectivity index (χ0n) is 17.3. The molecule has 0 saturated carbocycles. The number of nitrogens with one attached hydrogen (secondary N) is 2. The monoisotopic (exact) mass is 453 g/mol. The van der Waals surface area contributed by atoms with Gasteiger partial charge in [-0.1, -0.05) is 12.1 Å². The molecular formula is C21H25F2N3O4S. The minimum Gasteiger partial charge on any atom is -0.379 e. The number of anilines is 1. The highest BCUT2D eigenvalue weighted by Crippen LogP contribution is 2.21. The Kier molecular flexibility index (Phi) is 7.37. The molecule has 0 unspecified atom stereocenters. The Morgan fingerprint density at radius 2 is 1.77 bits per heavy atom. The summed E-state index contributed by atoms with van der Waals surface area (Å²) in [5.41, 5.74) is 0.839. The topological polar surface area (TPSA) is 87.7 Å². The number of nitrogens with zero attached hydrogens (tertiary/aromatic N) is 1. The van der Waals surface area contributed by atoms with E-state index < -0.39 is 39.6 Å². The molecular weight excluding hydrogens is 428 g/mol. The van der Waals surface area contributed by atoms with Crippen LogP contribution in [0.5, 0.6) is 0 Å². The SMILES string of the molecule is C[C@H](N[C@@H](C)c1ccc(F)c(F)c1)C(=O)Nc1cccc(S(=O)(=O)N2CCOCC2)c1. The second kappa shape index (κ2) is 9.82. The summed E-state index contributed by atoms with van der Waals surface area (Å²) in [6.07, 6.45) is 0. The number of ether oxygens (including phenoxy) is 1. The van der Waals surface area contributed by atoms with Crippen molar-refractivity contribution in [3.63, 3.8) is 0 Å². The van der Waals surface area contributed by atoms with Crippen molar-refractivity contribution in [2.75, 3.05) is 31.6 Å². The standard InChI is InChI=1S/C21H25F2N3O4S/c1-14(16-6-7-19(22)20(23)12-16)24-15(2)21(27)25-17-4-3-5-18(13-17)31(28,29)26-8-10-30-11-9-26/h3-7,12-15,24H,8-11H2,1-2H3,(H,25,27)/t14-,15-/m0/s1. The maximum absolute atomic E-state index is 13.5. The molecule has 0 aromatic heterocycles. The van der Waals surface area contributed by atoms with E-state index in [0.717, 1.165) is 12.1 Å². The summed E-state index contributed by atoms with van der Waals surface area (Å²) in [4.78, 5) is 12.7. The minimum atomic E-state index is -3.68. The molecule has 168 valence electrons. The molecule has 3 rings (SSSR count). The van der Waals surface area contributed by atoms with Crippen molar-refractivity contribution in [2.24, 2.45) is 0 Å². The van der Waals surface area contributed by atoms with Crippen LogP contribution < -0.4 is 10.6 Å². The lowest BCUT2D eigenvalue weighted by molar-refractivity contribution is -0.117. The van der Waals surface area contributed by atoms with Gasteiger partial charge in [0.05, 0.1) is 24.2 Å². The summed E-state index contributed by atoms with van der Waals surface area (Å²) < 4.78 is 58.7. The molecule has 2 atom stereocenters. The number of sulfonamides is 1. The Bertz CT molecular complexity index is 1040. The van der Waals surface area contributed by atoms with Gasteiger partial charge in [-0.25, -0.2) is 17.2 Å². The van der Waals surface area contributed by atoms with Crippen molar-refractivity contribution < 1.29 is 26.7 Å². The molecule has 0 radical (unpaired) electrons. The van der Waals surface area contributed by atoms with E-state index in [0.29, 0.717) is 24.5 Å². The van der Waals surface area contributed by atoms with Crippen LogP contribution in [0, 0.1) is 11.6 Å². The van der Waals surface area contributed by atoms with Crippen LogP contribution in [0.2, 0.25) is 0 Å². The molecule has 7 nitrogen and oxygen atoms in total. The van der Waals surface area contributed by atoms with Crippen LogP contribution in [0.25, 0.3) is 0 Å². The summed E-state index contributed by atoms with van der Waals surface area (Å²) >= 11 is 0. The van der Waals surface area contributed by atoms with Gasteiger partial charge >= 0.3 is 0 Å². The fraction of sp³-hybridized carbons (Fsp3) is 0.381. The van der Waals surface area contributed by atoms with Crippen molar-refractivity contribution in [1.29, 1.82) is 0 Å². The molecule has 2 N–H and O–H groups in total. The summed E-state index contributed by atoms with van der Waals surface area (Å²) in [5, 5.41) is 5.71. The number of amides is 1. The molecule has 1 heterocycles. The second-order valence-corrected chi connectivity index (χ2v) is 9.26. The van der Waals surface area contributed by atoms with Crippen LogP contribution >= 0.6 is 0 Å². The van der Waals surface area contributed by atoms with Crippen molar-refractivity contribution in [1.82, 2.24) is 9.62 Å². The van der Waals surface area contributed by atoms with Gasteiger partial charge in [-0.05, 0) is 49.7 Å². The van der Waals surface area contributed by atoms with Crippen LogP contribution in [-0.2, 0) is 19.6 Å². The molecule has 0 bridgehead atoms. The maximum atomic E-state index is 13.5. The van der Waals surface area contributed by atoms with E-state index in [4.69, 9.17) is 4.74 Å². The first kappa shape index (κ1) is 23.3. The molecule has 0 aliphatic carbocycles. The van der Waals surface area contributed by atoms with E-state index in [1.54, 1.807) is 26.0 Å². The lowest BCUT2D eigenvalue weighted by Gasteiger charge is -2.26. The van der Waals surface area contributed by atoms with E-state index >= 15 is 0 Å². The Labute approximate surface area is 180 Å². The van der Waals surface area contributed by atoms with Gasteiger partial charge < -0.3 is 10.1 Å². The van der Waals surface area contributed by atoms with Crippen molar-refractivity contribution in [3.8, 4) is 0 Å². The predicted molar refractivity (Wildman–Crippen MR) is 112 cm³/mol. The van der Waals surface area contributed by atoms with Gasteiger partial charge in [-0.3, -0.25) is 10.1 Å². The molecule has 1 fully saturated rings. The van der Waals surface area contributed by atoms with E-state index in [1.807, 2.05) is 0 Å². The van der Waals surface area contributed by atoms with Crippen molar-refractivity contribution >= 4 is 21.6 Å². The predicted octanol–water partition coefficient (Wildman–Crippen LogP) is 2.66. The summed E-state index contributed by atoms with van der Waals surface area (Å²) in [6.45, 7) is 4.60. The van der Waals surface area contributed by atoms with Crippen LogP contribution in [0.1, 0.15) is 25.5 Å². The second-order valence-electron chi connectivity index (χ2n) is 7.32. The van der Waals surface area contributed by atoms with Gasteiger partial charge in [0.15, 0.2) is 11.6 Å². The summed E-state index contributed by atoms with van der Waals surface area (Å²) in [5.74, 6) is -2.29. The van der Waals surface area contributed by atoms with Crippen LogP contribution in [0.3, 0.4) is 0 Å². The highest BCUT2D eigenvalue weighted by molar-refractivity contribution is 7.89. The number of halogens is 2. The number of carbonyl (C=O) groups excluding carboxylic acids is 1.